The highest BCUT2D eigenvalue weighted by molar-refractivity contribution is 5.78. The molecule has 2 saturated carbocycles. The summed E-state index contributed by atoms with van der Waals surface area (Å²) in [5, 5.41) is 12.0. The average Bonchev–Trinajstić information content (AvgIpc) is 2.96. The van der Waals surface area contributed by atoms with Crippen LogP contribution in [-0.4, -0.2) is 23.0 Å². The van der Waals surface area contributed by atoms with Crippen molar-refractivity contribution in [2.24, 2.45) is 11.8 Å². The Morgan fingerprint density at radius 3 is 2.44 bits per heavy atom. The zero-order valence-electron chi connectivity index (χ0n) is 10.9. The molecule has 0 saturated heterocycles. The number of rotatable bonds is 5. The summed E-state index contributed by atoms with van der Waals surface area (Å²) in [6.45, 7) is 0. The molecule has 102 valence electrons. The quantitative estimate of drug-likeness (QED) is 0.790. The topological polar surface area (TPSA) is 66.4 Å². The Hall–Kier alpha value is -1.06. The van der Waals surface area contributed by atoms with Crippen molar-refractivity contribution in [2.45, 2.75) is 63.8 Å². The van der Waals surface area contributed by atoms with E-state index in [1.807, 2.05) is 0 Å². The molecule has 18 heavy (non-hydrogen) atoms. The molecule has 0 aromatic carbocycles. The van der Waals surface area contributed by atoms with Crippen LogP contribution < -0.4 is 5.32 Å². The molecular weight excluding hydrogens is 230 g/mol. The largest absolute Gasteiger partial charge is 0.481 e. The van der Waals surface area contributed by atoms with Gasteiger partial charge in [-0.2, -0.15) is 0 Å². The van der Waals surface area contributed by atoms with Crippen LogP contribution in [0.2, 0.25) is 0 Å². The molecule has 0 aromatic heterocycles. The van der Waals surface area contributed by atoms with Crippen LogP contribution in [0.25, 0.3) is 0 Å². The maximum Gasteiger partial charge on any atom is 0.308 e. The number of hydrogen-bond acceptors (Lipinski definition) is 2. The van der Waals surface area contributed by atoms with Crippen LogP contribution in [0.5, 0.6) is 0 Å². The van der Waals surface area contributed by atoms with Crippen molar-refractivity contribution in [1.82, 2.24) is 5.32 Å². The van der Waals surface area contributed by atoms with E-state index in [0.717, 1.165) is 25.2 Å². The Bertz CT molecular complexity index is 310. The summed E-state index contributed by atoms with van der Waals surface area (Å²) < 4.78 is 0. The number of hydrogen-bond donors (Lipinski definition) is 2. The molecule has 0 unspecified atom stereocenters. The Morgan fingerprint density at radius 2 is 1.78 bits per heavy atom. The highest BCUT2D eigenvalue weighted by Crippen LogP contribution is 2.29. The smallest absolute Gasteiger partial charge is 0.308 e. The van der Waals surface area contributed by atoms with Gasteiger partial charge in [-0.1, -0.05) is 32.1 Å². The summed E-state index contributed by atoms with van der Waals surface area (Å²) in [6, 6.07) is -0.140. The third kappa shape index (κ3) is 3.47. The van der Waals surface area contributed by atoms with Gasteiger partial charge in [-0.25, -0.2) is 0 Å². The van der Waals surface area contributed by atoms with Crippen LogP contribution >= 0.6 is 0 Å². The first-order valence-electron chi connectivity index (χ1n) is 7.19. The molecule has 2 rings (SSSR count). The molecule has 4 nitrogen and oxygen atoms in total. The minimum absolute atomic E-state index is 0.0417. The van der Waals surface area contributed by atoms with Crippen molar-refractivity contribution in [1.29, 1.82) is 0 Å². The second-order valence-corrected chi connectivity index (χ2v) is 5.74. The number of aliphatic carboxylic acids is 1. The van der Waals surface area contributed by atoms with Crippen molar-refractivity contribution in [3.63, 3.8) is 0 Å². The van der Waals surface area contributed by atoms with E-state index >= 15 is 0 Å². The summed E-state index contributed by atoms with van der Waals surface area (Å²) in [5.41, 5.74) is 0. The molecule has 0 radical (unpaired) electrons. The maximum absolute atomic E-state index is 11.8. The molecule has 1 amide bonds. The first-order valence-corrected chi connectivity index (χ1v) is 7.19. The fourth-order valence-electron chi connectivity index (χ4n) is 3.34. The molecule has 4 heteroatoms. The van der Waals surface area contributed by atoms with Crippen LogP contribution in [0.15, 0.2) is 0 Å². The third-order valence-electron chi connectivity index (χ3n) is 4.43. The van der Waals surface area contributed by atoms with Crippen molar-refractivity contribution in [3.8, 4) is 0 Å². The van der Waals surface area contributed by atoms with E-state index in [1.165, 1.54) is 25.7 Å². The van der Waals surface area contributed by atoms with E-state index in [1.54, 1.807) is 0 Å². The highest BCUT2D eigenvalue weighted by atomic mass is 16.4. The zero-order valence-corrected chi connectivity index (χ0v) is 10.9. The lowest BCUT2D eigenvalue weighted by Gasteiger charge is -2.18. The van der Waals surface area contributed by atoms with Crippen molar-refractivity contribution in [3.05, 3.63) is 0 Å². The van der Waals surface area contributed by atoms with Crippen molar-refractivity contribution >= 4 is 11.9 Å². The molecule has 2 aliphatic rings. The summed E-state index contributed by atoms with van der Waals surface area (Å²) in [4.78, 5) is 22.8. The molecule has 0 aromatic rings. The average molecular weight is 253 g/mol. The second kappa shape index (κ2) is 6.21. The molecule has 2 fully saturated rings. The summed E-state index contributed by atoms with van der Waals surface area (Å²) >= 11 is 0. The number of carbonyl (C=O) groups excluding carboxylic acids is 1. The van der Waals surface area contributed by atoms with Gasteiger partial charge in [0.2, 0.25) is 5.91 Å². The monoisotopic (exact) mass is 253 g/mol. The molecule has 0 aliphatic heterocycles. The first kappa shape index (κ1) is 13.4. The van der Waals surface area contributed by atoms with Gasteiger partial charge in [0.15, 0.2) is 0 Å². The maximum atomic E-state index is 11.8. The Labute approximate surface area is 108 Å². The SMILES string of the molecule is O=C(CCC1CCCC1)N[C@H]1CCC[C@H]1C(=O)O. The lowest BCUT2D eigenvalue weighted by atomic mass is 10.0. The van der Waals surface area contributed by atoms with Gasteiger partial charge in [-0.15, -0.1) is 0 Å². The van der Waals surface area contributed by atoms with Crippen LogP contribution in [-0.2, 0) is 9.59 Å². The standard InChI is InChI=1S/C14H23NO3/c16-13(9-8-10-4-1-2-5-10)15-12-7-3-6-11(12)14(17)18/h10-12H,1-9H2,(H,15,16)(H,17,18)/t11-,12+/m1/s1. The van der Waals surface area contributed by atoms with Crippen LogP contribution in [0.1, 0.15) is 57.8 Å². The van der Waals surface area contributed by atoms with Crippen molar-refractivity contribution < 1.29 is 14.7 Å². The number of carboxylic acid groups (broad SMARTS) is 1. The summed E-state index contributed by atoms with van der Waals surface area (Å²) in [5.74, 6) is -0.385. The van der Waals surface area contributed by atoms with Gasteiger partial charge >= 0.3 is 5.97 Å². The normalized spacial score (nSPS) is 28.4. The van der Waals surface area contributed by atoms with Crippen molar-refractivity contribution in [2.75, 3.05) is 0 Å². The van der Waals surface area contributed by atoms with E-state index in [0.29, 0.717) is 12.8 Å². The lowest BCUT2D eigenvalue weighted by molar-refractivity contribution is -0.142. The number of nitrogens with one attached hydrogen (secondary N) is 1. The van der Waals surface area contributed by atoms with Gasteiger partial charge in [0.05, 0.1) is 5.92 Å². The van der Waals surface area contributed by atoms with E-state index in [9.17, 15) is 9.59 Å². The highest BCUT2D eigenvalue weighted by Gasteiger charge is 2.33. The molecule has 0 bridgehead atoms. The molecule has 2 atom stereocenters. The summed E-state index contributed by atoms with van der Waals surface area (Å²) in [7, 11) is 0. The minimum Gasteiger partial charge on any atom is -0.481 e. The van der Waals surface area contributed by atoms with Gasteiger partial charge in [-0.05, 0) is 25.2 Å². The fraction of sp³-hybridized carbons (Fsp3) is 0.857. The van der Waals surface area contributed by atoms with Crippen LogP contribution in [0.4, 0.5) is 0 Å². The second-order valence-electron chi connectivity index (χ2n) is 5.74. The Balaban J connectivity index is 1.71. The van der Waals surface area contributed by atoms with E-state index in [2.05, 4.69) is 5.32 Å². The molecule has 2 N–H and O–H groups in total. The summed E-state index contributed by atoms with van der Waals surface area (Å²) in [6.07, 6.45) is 9.07. The number of carbonyl (C=O) groups is 2. The molecule has 0 heterocycles. The van der Waals surface area contributed by atoms with Gasteiger partial charge in [0.25, 0.3) is 0 Å². The van der Waals surface area contributed by atoms with E-state index in [4.69, 9.17) is 5.11 Å². The zero-order chi connectivity index (χ0) is 13.0. The van der Waals surface area contributed by atoms with E-state index in [-0.39, 0.29) is 17.9 Å². The van der Waals surface area contributed by atoms with Gasteiger partial charge in [0.1, 0.15) is 0 Å². The Morgan fingerprint density at radius 1 is 1.06 bits per heavy atom. The first-order chi connectivity index (χ1) is 8.66. The van der Waals surface area contributed by atoms with Gasteiger partial charge in [0, 0.05) is 12.5 Å². The fourth-order valence-corrected chi connectivity index (χ4v) is 3.34. The third-order valence-corrected chi connectivity index (χ3v) is 4.43. The van der Waals surface area contributed by atoms with Gasteiger partial charge < -0.3 is 10.4 Å². The van der Waals surface area contributed by atoms with Gasteiger partial charge in [-0.3, -0.25) is 9.59 Å². The Kier molecular flexibility index (Phi) is 4.61. The molecule has 0 spiro atoms. The molecular formula is C14H23NO3. The van der Waals surface area contributed by atoms with Crippen LogP contribution in [0, 0.1) is 11.8 Å². The predicted molar refractivity (Wildman–Crippen MR) is 68.1 cm³/mol. The van der Waals surface area contributed by atoms with Crippen LogP contribution in [0.3, 0.4) is 0 Å². The number of carboxylic acids is 1. The lowest BCUT2D eigenvalue weighted by Crippen LogP contribution is -2.40. The predicted octanol–water partition coefficient (Wildman–Crippen LogP) is 2.33. The molecule has 2 aliphatic carbocycles. The minimum atomic E-state index is -0.770. The number of amides is 1. The van der Waals surface area contributed by atoms with E-state index < -0.39 is 5.97 Å².